The van der Waals surface area contributed by atoms with Crippen LogP contribution in [0.2, 0.25) is 0 Å². The number of nitrogens with one attached hydrogen (secondary N) is 1. The first kappa shape index (κ1) is 14.9. The molecule has 0 aliphatic heterocycles. The Kier molecular flexibility index (Phi) is 5.54. The number of hydrogen-bond donors (Lipinski definition) is 1. The fraction of sp³-hybridized carbons (Fsp3) is 0.500. The van der Waals surface area contributed by atoms with Crippen LogP contribution in [0.5, 0.6) is 0 Å². The number of rotatable bonds is 5. The van der Waals surface area contributed by atoms with Gasteiger partial charge in [-0.25, -0.2) is 4.39 Å². The Morgan fingerprint density at radius 1 is 1.28 bits per heavy atom. The molecule has 0 unspecified atom stereocenters. The standard InChI is InChI=1S/C16H24FN/c1-11(2)15(10-18-12(3)4)9-14-6-7-16(17)13(5)8-14/h6-9,11-12,18H,10H2,1-5H3. The van der Waals surface area contributed by atoms with Gasteiger partial charge in [0, 0.05) is 12.6 Å². The van der Waals surface area contributed by atoms with Crippen molar-refractivity contribution < 1.29 is 4.39 Å². The minimum atomic E-state index is -0.140. The fourth-order valence-corrected chi connectivity index (χ4v) is 1.72. The lowest BCUT2D eigenvalue weighted by molar-refractivity contribution is 0.593. The second-order valence-corrected chi connectivity index (χ2v) is 5.42. The average molecular weight is 249 g/mol. The topological polar surface area (TPSA) is 12.0 Å². The zero-order valence-corrected chi connectivity index (χ0v) is 12.0. The predicted octanol–water partition coefficient (Wildman–Crippen LogP) is 4.17. The second kappa shape index (κ2) is 6.69. The lowest BCUT2D eigenvalue weighted by Gasteiger charge is -2.15. The molecule has 0 heterocycles. The van der Waals surface area contributed by atoms with Gasteiger partial charge in [0.05, 0.1) is 0 Å². The first-order valence-corrected chi connectivity index (χ1v) is 6.60. The van der Waals surface area contributed by atoms with Crippen LogP contribution in [-0.4, -0.2) is 12.6 Å². The fourth-order valence-electron chi connectivity index (χ4n) is 1.72. The maximum Gasteiger partial charge on any atom is 0.126 e. The van der Waals surface area contributed by atoms with E-state index < -0.39 is 0 Å². The average Bonchev–Trinajstić information content (AvgIpc) is 2.28. The highest BCUT2D eigenvalue weighted by atomic mass is 19.1. The van der Waals surface area contributed by atoms with Crippen LogP contribution in [0, 0.1) is 18.7 Å². The van der Waals surface area contributed by atoms with E-state index in [2.05, 4.69) is 39.1 Å². The van der Waals surface area contributed by atoms with E-state index in [1.54, 1.807) is 6.92 Å². The van der Waals surface area contributed by atoms with Gasteiger partial charge in [0.25, 0.3) is 0 Å². The maximum absolute atomic E-state index is 13.2. The van der Waals surface area contributed by atoms with Crippen molar-refractivity contribution in [2.45, 2.75) is 40.7 Å². The summed E-state index contributed by atoms with van der Waals surface area (Å²) in [6.45, 7) is 11.3. The smallest absolute Gasteiger partial charge is 0.126 e. The van der Waals surface area contributed by atoms with Crippen LogP contribution in [0.3, 0.4) is 0 Å². The molecule has 1 aromatic rings. The van der Waals surface area contributed by atoms with Crippen molar-refractivity contribution in [1.29, 1.82) is 0 Å². The molecule has 2 heteroatoms. The highest BCUT2D eigenvalue weighted by Crippen LogP contribution is 2.16. The number of hydrogen-bond acceptors (Lipinski definition) is 1. The van der Waals surface area contributed by atoms with Gasteiger partial charge in [-0.2, -0.15) is 0 Å². The molecule has 0 spiro atoms. The van der Waals surface area contributed by atoms with Crippen molar-refractivity contribution in [3.63, 3.8) is 0 Å². The molecule has 0 atom stereocenters. The van der Waals surface area contributed by atoms with E-state index in [0.29, 0.717) is 17.5 Å². The Morgan fingerprint density at radius 3 is 2.44 bits per heavy atom. The summed E-state index contributed by atoms with van der Waals surface area (Å²) in [6.07, 6.45) is 2.16. The number of halogens is 1. The SMILES string of the molecule is Cc1cc(C=C(CNC(C)C)C(C)C)ccc1F. The van der Waals surface area contributed by atoms with Gasteiger partial charge >= 0.3 is 0 Å². The quantitative estimate of drug-likeness (QED) is 0.825. The molecule has 1 N–H and O–H groups in total. The lowest BCUT2D eigenvalue weighted by Crippen LogP contribution is -2.26. The highest BCUT2D eigenvalue weighted by Gasteiger charge is 2.05. The van der Waals surface area contributed by atoms with E-state index in [9.17, 15) is 4.39 Å². The van der Waals surface area contributed by atoms with Gasteiger partial charge in [0.2, 0.25) is 0 Å². The summed E-state index contributed by atoms with van der Waals surface area (Å²) in [7, 11) is 0. The van der Waals surface area contributed by atoms with Crippen LogP contribution >= 0.6 is 0 Å². The van der Waals surface area contributed by atoms with Crippen molar-refractivity contribution in [2.24, 2.45) is 5.92 Å². The zero-order valence-electron chi connectivity index (χ0n) is 12.0. The maximum atomic E-state index is 13.2. The highest BCUT2D eigenvalue weighted by molar-refractivity contribution is 5.54. The van der Waals surface area contributed by atoms with Gasteiger partial charge in [0.15, 0.2) is 0 Å². The molecule has 18 heavy (non-hydrogen) atoms. The van der Waals surface area contributed by atoms with Crippen molar-refractivity contribution >= 4 is 6.08 Å². The number of aryl methyl sites for hydroxylation is 1. The summed E-state index contributed by atoms with van der Waals surface area (Å²) < 4.78 is 13.2. The molecule has 0 amide bonds. The third kappa shape index (κ3) is 4.61. The van der Waals surface area contributed by atoms with Gasteiger partial charge in [-0.3, -0.25) is 0 Å². The molecule has 0 aromatic heterocycles. The zero-order chi connectivity index (χ0) is 13.7. The summed E-state index contributed by atoms with van der Waals surface area (Å²) in [4.78, 5) is 0. The van der Waals surface area contributed by atoms with Gasteiger partial charge in [-0.05, 0) is 36.1 Å². The predicted molar refractivity (Wildman–Crippen MR) is 77.1 cm³/mol. The van der Waals surface area contributed by atoms with Crippen LogP contribution in [-0.2, 0) is 0 Å². The third-order valence-corrected chi connectivity index (χ3v) is 2.99. The molecule has 0 bridgehead atoms. The van der Waals surface area contributed by atoms with Crippen molar-refractivity contribution in [2.75, 3.05) is 6.54 Å². The molecule has 1 rings (SSSR count). The molecule has 0 saturated carbocycles. The summed E-state index contributed by atoms with van der Waals surface area (Å²) >= 11 is 0. The van der Waals surface area contributed by atoms with Crippen molar-refractivity contribution in [3.05, 3.63) is 40.7 Å². The molecule has 0 radical (unpaired) electrons. The van der Waals surface area contributed by atoms with Crippen LogP contribution in [0.15, 0.2) is 23.8 Å². The van der Waals surface area contributed by atoms with Crippen LogP contribution in [0.25, 0.3) is 6.08 Å². The first-order valence-electron chi connectivity index (χ1n) is 6.60. The Morgan fingerprint density at radius 2 is 1.94 bits per heavy atom. The summed E-state index contributed by atoms with van der Waals surface area (Å²) in [6, 6.07) is 5.74. The molecular weight excluding hydrogens is 225 g/mol. The molecule has 100 valence electrons. The third-order valence-electron chi connectivity index (χ3n) is 2.99. The summed E-state index contributed by atoms with van der Waals surface area (Å²) in [5.41, 5.74) is 3.11. The molecule has 1 nitrogen and oxygen atoms in total. The minimum Gasteiger partial charge on any atom is -0.311 e. The molecule has 0 fully saturated rings. The molecule has 1 aromatic carbocycles. The molecule has 0 aliphatic rings. The van der Waals surface area contributed by atoms with E-state index in [1.807, 2.05) is 12.1 Å². The Labute approximate surface area is 110 Å². The Balaban J connectivity index is 2.89. The lowest BCUT2D eigenvalue weighted by atomic mass is 9.99. The molecule has 0 saturated heterocycles. The Bertz CT molecular complexity index is 419. The van der Waals surface area contributed by atoms with Crippen LogP contribution in [0.1, 0.15) is 38.8 Å². The van der Waals surface area contributed by atoms with E-state index >= 15 is 0 Å². The van der Waals surface area contributed by atoms with Crippen molar-refractivity contribution in [3.8, 4) is 0 Å². The minimum absolute atomic E-state index is 0.140. The first-order chi connectivity index (χ1) is 8.40. The largest absolute Gasteiger partial charge is 0.311 e. The van der Waals surface area contributed by atoms with Crippen molar-refractivity contribution in [1.82, 2.24) is 5.32 Å². The van der Waals surface area contributed by atoms with E-state index in [1.165, 1.54) is 11.6 Å². The molecule has 0 aliphatic carbocycles. The number of benzene rings is 1. The summed E-state index contributed by atoms with van der Waals surface area (Å²) in [5, 5.41) is 3.43. The van der Waals surface area contributed by atoms with E-state index in [0.717, 1.165) is 12.1 Å². The van der Waals surface area contributed by atoms with Crippen LogP contribution in [0.4, 0.5) is 4.39 Å². The van der Waals surface area contributed by atoms with Gasteiger partial charge in [-0.1, -0.05) is 45.4 Å². The van der Waals surface area contributed by atoms with Gasteiger partial charge < -0.3 is 5.32 Å². The normalized spacial score (nSPS) is 12.6. The monoisotopic (exact) mass is 249 g/mol. The van der Waals surface area contributed by atoms with E-state index in [4.69, 9.17) is 0 Å². The van der Waals surface area contributed by atoms with Crippen LogP contribution < -0.4 is 5.32 Å². The molecular formula is C16H24FN. The summed E-state index contributed by atoms with van der Waals surface area (Å²) in [5.74, 6) is 0.347. The van der Waals surface area contributed by atoms with Gasteiger partial charge in [0.1, 0.15) is 5.82 Å². The van der Waals surface area contributed by atoms with E-state index in [-0.39, 0.29) is 5.82 Å². The second-order valence-electron chi connectivity index (χ2n) is 5.42. The van der Waals surface area contributed by atoms with Gasteiger partial charge in [-0.15, -0.1) is 0 Å². The Hall–Kier alpha value is -1.15.